The number of anilines is 1. The lowest BCUT2D eigenvalue weighted by atomic mass is 9.78. The standard InChI is InChI=1S/C29H33FN4O2/c1-29(2,20-6-10-25(11-7-20)35-24-4-3-5-24)21-8-12-26(13-9-21)36-28-15-14-27(31-32-28)34-18-23(19-34)33-16-22(30)17-33/h6-15,22-24H,3-5,16-19H2,1-2H3. The normalized spacial score (nSPS) is 19.4. The van der Waals surface area contributed by atoms with Gasteiger partial charge in [0.1, 0.15) is 17.7 Å². The van der Waals surface area contributed by atoms with Gasteiger partial charge in [-0.15, -0.1) is 10.2 Å². The van der Waals surface area contributed by atoms with Crippen LogP contribution in [0.3, 0.4) is 0 Å². The smallest absolute Gasteiger partial charge is 0.238 e. The number of aromatic nitrogens is 2. The molecule has 2 saturated heterocycles. The minimum atomic E-state index is -0.654. The summed E-state index contributed by atoms with van der Waals surface area (Å²) < 4.78 is 25.0. The maximum atomic E-state index is 13.1. The number of hydrogen-bond donors (Lipinski definition) is 0. The Morgan fingerprint density at radius 1 is 0.806 bits per heavy atom. The summed E-state index contributed by atoms with van der Waals surface area (Å²) in [5, 5.41) is 8.58. The third-order valence-corrected chi connectivity index (χ3v) is 7.92. The van der Waals surface area contributed by atoms with E-state index in [1.807, 2.05) is 24.3 Å². The predicted molar refractivity (Wildman–Crippen MR) is 138 cm³/mol. The molecule has 3 fully saturated rings. The van der Waals surface area contributed by atoms with Crippen molar-refractivity contribution in [3.63, 3.8) is 0 Å². The molecule has 0 N–H and O–H groups in total. The van der Waals surface area contributed by atoms with E-state index >= 15 is 0 Å². The number of nitrogens with zero attached hydrogens (tertiary/aromatic N) is 4. The minimum Gasteiger partial charge on any atom is -0.490 e. The van der Waals surface area contributed by atoms with Gasteiger partial charge < -0.3 is 14.4 Å². The van der Waals surface area contributed by atoms with E-state index in [0.717, 1.165) is 43.2 Å². The maximum absolute atomic E-state index is 13.1. The number of likely N-dealkylation sites (tertiary alicyclic amines) is 1. The first-order valence-electron chi connectivity index (χ1n) is 13.0. The highest BCUT2D eigenvalue weighted by molar-refractivity contribution is 5.44. The molecule has 1 aromatic heterocycles. The molecule has 1 aliphatic carbocycles. The van der Waals surface area contributed by atoms with Crippen LogP contribution in [0.5, 0.6) is 17.4 Å². The lowest BCUT2D eigenvalue weighted by Gasteiger charge is -2.50. The number of alkyl halides is 1. The molecule has 6 nitrogen and oxygen atoms in total. The quantitative estimate of drug-likeness (QED) is 0.425. The fourth-order valence-electron chi connectivity index (χ4n) is 5.02. The van der Waals surface area contributed by atoms with Crippen molar-refractivity contribution in [1.82, 2.24) is 15.1 Å². The van der Waals surface area contributed by atoms with Crippen LogP contribution in [0.15, 0.2) is 60.7 Å². The van der Waals surface area contributed by atoms with Gasteiger partial charge in [-0.25, -0.2) is 4.39 Å². The monoisotopic (exact) mass is 488 g/mol. The summed E-state index contributed by atoms with van der Waals surface area (Å²) in [5.41, 5.74) is 2.30. The van der Waals surface area contributed by atoms with Crippen LogP contribution in [-0.4, -0.2) is 59.6 Å². The lowest BCUT2D eigenvalue weighted by molar-refractivity contribution is 0.0170. The average molecular weight is 489 g/mol. The molecule has 2 aromatic carbocycles. The van der Waals surface area contributed by atoms with Gasteiger partial charge in [0.05, 0.1) is 6.10 Å². The van der Waals surface area contributed by atoms with Gasteiger partial charge in [-0.2, -0.15) is 0 Å². The van der Waals surface area contributed by atoms with E-state index in [1.54, 1.807) is 0 Å². The molecule has 2 aliphatic heterocycles. The molecule has 36 heavy (non-hydrogen) atoms. The van der Waals surface area contributed by atoms with E-state index in [0.29, 0.717) is 31.1 Å². The molecule has 0 radical (unpaired) electrons. The topological polar surface area (TPSA) is 50.7 Å². The zero-order chi connectivity index (χ0) is 24.7. The Balaban J connectivity index is 1.04. The van der Waals surface area contributed by atoms with Crippen LogP contribution in [0.1, 0.15) is 44.2 Å². The van der Waals surface area contributed by atoms with Crippen LogP contribution in [0.25, 0.3) is 0 Å². The number of ether oxygens (including phenoxy) is 2. The van der Waals surface area contributed by atoms with Crippen LogP contribution in [0, 0.1) is 0 Å². The first kappa shape index (κ1) is 23.2. The molecule has 3 aliphatic rings. The van der Waals surface area contributed by atoms with Crippen molar-refractivity contribution in [2.45, 2.75) is 56.8 Å². The summed E-state index contributed by atoms with van der Waals surface area (Å²) in [6.45, 7) is 7.33. The highest BCUT2D eigenvalue weighted by Crippen LogP contribution is 2.35. The molecule has 3 heterocycles. The summed E-state index contributed by atoms with van der Waals surface area (Å²) in [5.74, 6) is 2.98. The van der Waals surface area contributed by atoms with Gasteiger partial charge in [0, 0.05) is 43.7 Å². The van der Waals surface area contributed by atoms with Gasteiger partial charge in [-0.3, -0.25) is 4.90 Å². The van der Waals surface area contributed by atoms with Crippen molar-refractivity contribution < 1.29 is 13.9 Å². The van der Waals surface area contributed by atoms with Gasteiger partial charge in [0.2, 0.25) is 5.88 Å². The second-order valence-corrected chi connectivity index (χ2v) is 10.8. The first-order valence-corrected chi connectivity index (χ1v) is 13.0. The highest BCUT2D eigenvalue weighted by Gasteiger charge is 2.39. The zero-order valence-corrected chi connectivity index (χ0v) is 20.9. The molecule has 3 aromatic rings. The molecule has 6 rings (SSSR count). The largest absolute Gasteiger partial charge is 0.490 e. The van der Waals surface area contributed by atoms with Crippen LogP contribution < -0.4 is 14.4 Å². The fraction of sp³-hybridized carbons (Fsp3) is 0.448. The van der Waals surface area contributed by atoms with E-state index in [2.05, 4.69) is 70.2 Å². The molecule has 1 saturated carbocycles. The zero-order valence-electron chi connectivity index (χ0n) is 20.9. The number of benzene rings is 2. The van der Waals surface area contributed by atoms with Crippen LogP contribution >= 0.6 is 0 Å². The second-order valence-electron chi connectivity index (χ2n) is 10.8. The summed E-state index contributed by atoms with van der Waals surface area (Å²) in [4.78, 5) is 4.35. The molecule has 7 heteroatoms. The van der Waals surface area contributed by atoms with Crippen LogP contribution in [0.2, 0.25) is 0 Å². The van der Waals surface area contributed by atoms with Gasteiger partial charge in [-0.05, 0) is 60.7 Å². The Bertz CT molecular complexity index is 1170. The van der Waals surface area contributed by atoms with Crippen molar-refractivity contribution in [2.24, 2.45) is 0 Å². The van der Waals surface area contributed by atoms with Gasteiger partial charge in [0.15, 0.2) is 5.82 Å². The fourth-order valence-corrected chi connectivity index (χ4v) is 5.02. The Morgan fingerprint density at radius 3 is 1.97 bits per heavy atom. The van der Waals surface area contributed by atoms with Gasteiger partial charge >= 0.3 is 0 Å². The molecule has 0 amide bonds. The van der Waals surface area contributed by atoms with E-state index in [-0.39, 0.29) is 5.41 Å². The van der Waals surface area contributed by atoms with E-state index in [4.69, 9.17) is 9.47 Å². The highest BCUT2D eigenvalue weighted by atomic mass is 19.1. The molecule has 0 unspecified atom stereocenters. The Kier molecular flexibility index (Phi) is 6.04. The van der Waals surface area contributed by atoms with Crippen molar-refractivity contribution >= 4 is 5.82 Å². The Labute approximate surface area is 212 Å². The van der Waals surface area contributed by atoms with E-state index in [9.17, 15) is 4.39 Å². The molecule has 0 bridgehead atoms. The number of halogens is 1. The van der Waals surface area contributed by atoms with Crippen molar-refractivity contribution in [3.05, 3.63) is 71.8 Å². The summed E-state index contributed by atoms with van der Waals surface area (Å²) in [6.07, 6.45) is 3.34. The third-order valence-electron chi connectivity index (χ3n) is 7.92. The Morgan fingerprint density at radius 2 is 1.44 bits per heavy atom. The van der Waals surface area contributed by atoms with Crippen molar-refractivity contribution in [1.29, 1.82) is 0 Å². The third kappa shape index (κ3) is 4.64. The van der Waals surface area contributed by atoms with Crippen molar-refractivity contribution in [2.75, 3.05) is 31.1 Å². The van der Waals surface area contributed by atoms with Crippen LogP contribution in [-0.2, 0) is 5.41 Å². The Hall–Kier alpha value is -3.19. The second kappa shape index (κ2) is 9.36. The summed E-state index contributed by atoms with van der Waals surface area (Å²) in [7, 11) is 0. The van der Waals surface area contributed by atoms with Crippen LogP contribution in [0.4, 0.5) is 10.2 Å². The molecular weight excluding hydrogens is 455 g/mol. The summed E-state index contributed by atoms with van der Waals surface area (Å²) >= 11 is 0. The van der Waals surface area contributed by atoms with E-state index < -0.39 is 6.17 Å². The molecule has 0 atom stereocenters. The van der Waals surface area contributed by atoms with Gasteiger partial charge in [-0.1, -0.05) is 38.1 Å². The number of hydrogen-bond acceptors (Lipinski definition) is 6. The van der Waals surface area contributed by atoms with Crippen molar-refractivity contribution in [3.8, 4) is 17.4 Å². The average Bonchev–Trinajstić information content (AvgIpc) is 2.81. The van der Waals surface area contributed by atoms with E-state index in [1.165, 1.54) is 17.5 Å². The first-order chi connectivity index (χ1) is 17.4. The number of rotatable bonds is 8. The van der Waals surface area contributed by atoms with Gasteiger partial charge in [0.25, 0.3) is 0 Å². The molecular formula is C29H33FN4O2. The minimum absolute atomic E-state index is 0.148. The lowest BCUT2D eigenvalue weighted by Crippen LogP contribution is -2.66. The molecule has 188 valence electrons. The predicted octanol–water partition coefficient (Wildman–Crippen LogP) is 5.37. The maximum Gasteiger partial charge on any atom is 0.238 e. The summed E-state index contributed by atoms with van der Waals surface area (Å²) in [6, 6.07) is 20.9. The SMILES string of the molecule is CC(C)(c1ccc(Oc2ccc(N3CC(N4CC(F)C4)C3)nn2)cc1)c1ccc(OC2CCC2)cc1. The molecule has 0 spiro atoms.